The molecule has 0 aromatic heterocycles. The minimum atomic E-state index is -3.68. The predicted octanol–water partition coefficient (Wildman–Crippen LogP) is 4.69. The molecule has 6 nitrogen and oxygen atoms in total. The molecule has 174 valence electrons. The molecule has 3 rings (SSSR count). The summed E-state index contributed by atoms with van der Waals surface area (Å²) in [4.78, 5) is 12.7. The Kier molecular flexibility index (Phi) is 8.11. The zero-order valence-corrected chi connectivity index (χ0v) is 20.0. The number of rotatable bonds is 10. The van der Waals surface area contributed by atoms with Gasteiger partial charge in [0.15, 0.2) is 0 Å². The van der Waals surface area contributed by atoms with Crippen LogP contribution in [0.25, 0.3) is 0 Å². The summed E-state index contributed by atoms with van der Waals surface area (Å²) in [6.07, 6.45) is 2.71. The number of sulfonamides is 1. The van der Waals surface area contributed by atoms with Crippen molar-refractivity contribution in [2.75, 3.05) is 17.1 Å². The molecule has 0 bridgehead atoms. The van der Waals surface area contributed by atoms with Crippen LogP contribution in [0.1, 0.15) is 24.5 Å². The van der Waals surface area contributed by atoms with Crippen LogP contribution in [-0.4, -0.2) is 33.2 Å². The predicted molar refractivity (Wildman–Crippen MR) is 132 cm³/mol. The lowest BCUT2D eigenvalue weighted by atomic mass is 10.1. The number of carbonyl (C=O) groups excluding carboxylic acids is 1. The fourth-order valence-electron chi connectivity index (χ4n) is 3.50. The van der Waals surface area contributed by atoms with Gasteiger partial charge in [0, 0.05) is 6.54 Å². The molecule has 7 heteroatoms. The molecule has 0 heterocycles. The number of benzene rings is 3. The van der Waals surface area contributed by atoms with Crippen LogP contribution in [-0.2, 0) is 21.2 Å². The van der Waals surface area contributed by atoms with Gasteiger partial charge in [0.1, 0.15) is 17.5 Å². The highest BCUT2D eigenvalue weighted by atomic mass is 32.2. The summed E-state index contributed by atoms with van der Waals surface area (Å²) in [6.45, 7) is 4.10. The van der Waals surface area contributed by atoms with E-state index in [9.17, 15) is 13.2 Å². The first-order chi connectivity index (χ1) is 15.7. The highest BCUT2D eigenvalue weighted by Gasteiger charge is 2.28. The topological polar surface area (TPSA) is 75.7 Å². The van der Waals surface area contributed by atoms with E-state index < -0.39 is 16.1 Å². The molecule has 1 N–H and O–H groups in total. The number of nitrogens with zero attached hydrogens (tertiary/aromatic N) is 1. The molecule has 0 radical (unpaired) electrons. The molecule has 3 aromatic carbocycles. The van der Waals surface area contributed by atoms with Gasteiger partial charge >= 0.3 is 0 Å². The number of aryl methyl sites for hydroxylation is 2. The summed E-state index contributed by atoms with van der Waals surface area (Å²) in [5, 5.41) is 2.86. The van der Waals surface area contributed by atoms with Crippen LogP contribution in [0, 0.1) is 6.92 Å². The number of ether oxygens (including phenoxy) is 1. The molecule has 1 unspecified atom stereocenters. The van der Waals surface area contributed by atoms with Gasteiger partial charge in [-0.15, -0.1) is 0 Å². The molecule has 33 heavy (non-hydrogen) atoms. The van der Waals surface area contributed by atoms with Gasteiger partial charge in [-0.1, -0.05) is 48.0 Å². The van der Waals surface area contributed by atoms with Gasteiger partial charge in [-0.3, -0.25) is 9.10 Å². The molecule has 0 saturated carbocycles. The van der Waals surface area contributed by atoms with Gasteiger partial charge in [-0.25, -0.2) is 8.42 Å². The number of amides is 1. The Bertz CT molecular complexity index is 1150. The minimum absolute atomic E-state index is 0.339. The smallest absolute Gasteiger partial charge is 0.243 e. The van der Waals surface area contributed by atoms with Crippen LogP contribution < -0.4 is 14.4 Å². The van der Waals surface area contributed by atoms with Crippen molar-refractivity contribution in [2.45, 2.75) is 32.7 Å². The maximum absolute atomic E-state index is 12.7. The van der Waals surface area contributed by atoms with Crippen LogP contribution in [0.5, 0.6) is 11.5 Å². The summed E-state index contributed by atoms with van der Waals surface area (Å²) in [6, 6.07) is 23.4. The normalized spacial score (nSPS) is 12.1. The van der Waals surface area contributed by atoms with Crippen molar-refractivity contribution in [3.63, 3.8) is 0 Å². The molecule has 0 aliphatic heterocycles. The Morgan fingerprint density at radius 2 is 1.55 bits per heavy atom. The fraction of sp³-hybridized carbons (Fsp3) is 0.269. The number of hydrogen-bond donors (Lipinski definition) is 1. The highest BCUT2D eigenvalue weighted by Crippen LogP contribution is 2.26. The van der Waals surface area contributed by atoms with Crippen molar-refractivity contribution in [2.24, 2.45) is 0 Å². The number of anilines is 1. The Hall–Kier alpha value is -3.32. The van der Waals surface area contributed by atoms with Gasteiger partial charge in [0.2, 0.25) is 15.9 Å². The van der Waals surface area contributed by atoms with Crippen LogP contribution in [0.15, 0.2) is 78.9 Å². The van der Waals surface area contributed by atoms with E-state index in [0.29, 0.717) is 23.7 Å². The lowest BCUT2D eigenvalue weighted by molar-refractivity contribution is -0.121. The third-order valence-electron chi connectivity index (χ3n) is 5.22. The monoisotopic (exact) mass is 466 g/mol. The quantitative estimate of drug-likeness (QED) is 0.440. The van der Waals surface area contributed by atoms with E-state index in [1.54, 1.807) is 31.2 Å². The van der Waals surface area contributed by atoms with Crippen molar-refractivity contribution in [1.29, 1.82) is 0 Å². The third-order valence-corrected chi connectivity index (χ3v) is 6.46. The molecule has 0 aliphatic rings. The van der Waals surface area contributed by atoms with E-state index >= 15 is 0 Å². The first-order valence-electron chi connectivity index (χ1n) is 10.9. The number of hydrogen-bond acceptors (Lipinski definition) is 4. The van der Waals surface area contributed by atoms with E-state index in [2.05, 4.69) is 29.6 Å². The Morgan fingerprint density at radius 3 is 2.15 bits per heavy atom. The average Bonchev–Trinajstić information content (AvgIpc) is 2.79. The summed E-state index contributed by atoms with van der Waals surface area (Å²) in [7, 11) is -3.68. The third kappa shape index (κ3) is 7.08. The molecule has 0 saturated heterocycles. The van der Waals surface area contributed by atoms with Crippen LogP contribution in [0.2, 0.25) is 0 Å². The molecule has 0 spiro atoms. The fourth-order valence-corrected chi connectivity index (χ4v) is 4.68. The molecule has 0 fully saturated rings. The maximum Gasteiger partial charge on any atom is 0.243 e. The molecule has 0 aliphatic carbocycles. The van der Waals surface area contributed by atoms with E-state index in [1.165, 1.54) is 11.1 Å². The van der Waals surface area contributed by atoms with Gasteiger partial charge in [0.25, 0.3) is 0 Å². The van der Waals surface area contributed by atoms with Gasteiger partial charge in [-0.2, -0.15) is 0 Å². The Morgan fingerprint density at radius 1 is 0.939 bits per heavy atom. The highest BCUT2D eigenvalue weighted by molar-refractivity contribution is 7.92. The molecule has 3 aromatic rings. The van der Waals surface area contributed by atoms with Crippen molar-refractivity contribution in [3.8, 4) is 11.5 Å². The summed E-state index contributed by atoms with van der Waals surface area (Å²) in [5.41, 5.74) is 2.82. The van der Waals surface area contributed by atoms with E-state index in [0.717, 1.165) is 23.4 Å². The SMILES string of the molecule is Cc1ccc(CCCNC(=O)C(C)N(c2ccc(Oc3ccccc3)cc2)S(C)(=O)=O)cc1. The maximum atomic E-state index is 12.7. The van der Waals surface area contributed by atoms with Gasteiger partial charge in [0.05, 0.1) is 11.9 Å². The molecule has 1 amide bonds. The lowest BCUT2D eigenvalue weighted by Crippen LogP contribution is -2.48. The zero-order chi connectivity index (χ0) is 23.8. The van der Waals surface area contributed by atoms with Gasteiger partial charge in [-0.05, 0) is 68.7 Å². The van der Waals surface area contributed by atoms with Gasteiger partial charge < -0.3 is 10.1 Å². The second-order valence-corrected chi connectivity index (χ2v) is 9.88. The molecular formula is C26H30N2O4S. The van der Waals surface area contributed by atoms with Crippen molar-refractivity contribution >= 4 is 21.6 Å². The van der Waals surface area contributed by atoms with Crippen molar-refractivity contribution in [3.05, 3.63) is 90.0 Å². The van der Waals surface area contributed by atoms with Crippen LogP contribution in [0.4, 0.5) is 5.69 Å². The summed E-state index contributed by atoms with van der Waals surface area (Å²) >= 11 is 0. The van der Waals surface area contributed by atoms with E-state index in [1.807, 2.05) is 37.3 Å². The Labute approximate surface area is 196 Å². The first-order valence-corrected chi connectivity index (χ1v) is 12.7. The lowest BCUT2D eigenvalue weighted by Gasteiger charge is -2.28. The standard InChI is InChI=1S/C26H30N2O4S/c1-20-11-13-22(14-12-20)8-7-19-27-26(29)21(2)28(33(3,30)31)23-15-17-25(18-16-23)32-24-9-5-4-6-10-24/h4-6,9-18,21H,7-8,19H2,1-3H3,(H,27,29). The second-order valence-electron chi connectivity index (χ2n) is 8.02. The Balaban J connectivity index is 1.61. The second kappa shape index (κ2) is 11.0. The number of carbonyl (C=O) groups is 1. The molecular weight excluding hydrogens is 436 g/mol. The minimum Gasteiger partial charge on any atom is -0.457 e. The zero-order valence-electron chi connectivity index (χ0n) is 19.2. The summed E-state index contributed by atoms with van der Waals surface area (Å²) in [5.74, 6) is 0.921. The molecule has 1 atom stereocenters. The first kappa shape index (κ1) is 24.3. The average molecular weight is 467 g/mol. The van der Waals surface area contributed by atoms with Crippen molar-refractivity contribution < 1.29 is 17.9 Å². The largest absolute Gasteiger partial charge is 0.457 e. The van der Waals surface area contributed by atoms with Crippen LogP contribution >= 0.6 is 0 Å². The number of para-hydroxylation sites is 1. The van der Waals surface area contributed by atoms with Crippen LogP contribution in [0.3, 0.4) is 0 Å². The van der Waals surface area contributed by atoms with E-state index in [4.69, 9.17) is 4.74 Å². The number of nitrogens with one attached hydrogen (secondary N) is 1. The summed E-state index contributed by atoms with van der Waals surface area (Å²) < 4.78 is 31.9. The van der Waals surface area contributed by atoms with Crippen molar-refractivity contribution in [1.82, 2.24) is 5.32 Å². The van der Waals surface area contributed by atoms with E-state index in [-0.39, 0.29) is 5.91 Å².